The second-order valence-electron chi connectivity index (χ2n) is 6.48. The van der Waals surface area contributed by atoms with Gasteiger partial charge in [0.05, 0.1) is 7.11 Å². The number of Topliss-reactive ketones (excluding diaryl/α,β-unsaturated/α-hetero) is 1. The van der Waals surface area contributed by atoms with Crippen molar-refractivity contribution in [1.29, 1.82) is 0 Å². The lowest BCUT2D eigenvalue weighted by atomic mass is 9.59. The average Bonchev–Trinajstić information content (AvgIpc) is 2.54. The molecule has 1 aromatic rings. The van der Waals surface area contributed by atoms with Gasteiger partial charge in [0.15, 0.2) is 0 Å². The van der Waals surface area contributed by atoms with E-state index in [1.165, 1.54) is 5.56 Å². The Morgan fingerprint density at radius 2 is 2.29 bits per heavy atom. The van der Waals surface area contributed by atoms with Gasteiger partial charge < -0.3 is 9.64 Å². The summed E-state index contributed by atoms with van der Waals surface area (Å²) in [6, 6.07) is 8.38. The van der Waals surface area contributed by atoms with Crippen molar-refractivity contribution >= 4 is 5.78 Å². The van der Waals surface area contributed by atoms with Crippen LogP contribution < -0.4 is 4.74 Å². The number of likely N-dealkylation sites (tertiary alicyclic amines) is 1. The Balaban J connectivity index is 1.98. The number of nitrogens with zero attached hydrogens (tertiary/aromatic N) is 1. The maximum atomic E-state index is 12.2. The molecular weight excluding hydrogens is 262 g/mol. The third kappa shape index (κ3) is 2.59. The van der Waals surface area contributed by atoms with Crippen LogP contribution in [0.1, 0.15) is 38.2 Å². The lowest BCUT2D eigenvalue weighted by Crippen LogP contribution is -2.52. The Bertz CT molecular complexity index is 528. The Morgan fingerprint density at radius 1 is 1.43 bits per heavy atom. The minimum atomic E-state index is 0.0372. The predicted molar refractivity (Wildman–Crippen MR) is 83.8 cm³/mol. The van der Waals surface area contributed by atoms with E-state index in [1.54, 1.807) is 7.11 Å². The molecule has 2 aliphatic rings. The van der Waals surface area contributed by atoms with Gasteiger partial charge in [0, 0.05) is 24.8 Å². The van der Waals surface area contributed by atoms with Crippen LogP contribution in [0.15, 0.2) is 24.3 Å². The number of rotatable bonds is 3. The Morgan fingerprint density at radius 3 is 3.05 bits per heavy atom. The van der Waals surface area contributed by atoms with Crippen molar-refractivity contribution < 1.29 is 9.53 Å². The van der Waals surface area contributed by atoms with Crippen LogP contribution in [0.3, 0.4) is 0 Å². The monoisotopic (exact) mass is 287 g/mol. The topological polar surface area (TPSA) is 29.5 Å². The molecule has 21 heavy (non-hydrogen) atoms. The number of hydrogen-bond acceptors (Lipinski definition) is 3. The zero-order valence-corrected chi connectivity index (χ0v) is 13.1. The number of carbonyl (C=O) groups is 1. The van der Waals surface area contributed by atoms with Crippen LogP contribution in [0.4, 0.5) is 0 Å². The predicted octanol–water partition coefficient (Wildman–Crippen LogP) is 3.03. The summed E-state index contributed by atoms with van der Waals surface area (Å²) in [4.78, 5) is 14.7. The number of ketones is 1. The van der Waals surface area contributed by atoms with Gasteiger partial charge in [0.25, 0.3) is 0 Å². The maximum Gasteiger partial charge on any atom is 0.133 e. The molecule has 1 aromatic carbocycles. The van der Waals surface area contributed by atoms with Crippen LogP contribution in [-0.4, -0.2) is 37.4 Å². The minimum absolute atomic E-state index is 0.0372. The molecule has 114 valence electrons. The van der Waals surface area contributed by atoms with Gasteiger partial charge in [-0.25, -0.2) is 0 Å². The highest BCUT2D eigenvalue weighted by Gasteiger charge is 2.47. The summed E-state index contributed by atoms with van der Waals surface area (Å²) >= 11 is 0. The molecule has 0 unspecified atom stereocenters. The van der Waals surface area contributed by atoms with Crippen molar-refractivity contribution in [3.63, 3.8) is 0 Å². The van der Waals surface area contributed by atoms with Gasteiger partial charge in [0.1, 0.15) is 11.5 Å². The Hall–Kier alpha value is -1.35. The average molecular weight is 287 g/mol. The molecule has 1 saturated heterocycles. The molecule has 0 radical (unpaired) electrons. The van der Waals surface area contributed by atoms with E-state index in [4.69, 9.17) is 4.74 Å². The Labute approximate surface area is 127 Å². The fourth-order valence-electron chi connectivity index (χ4n) is 4.22. The van der Waals surface area contributed by atoms with Gasteiger partial charge >= 0.3 is 0 Å². The highest BCUT2D eigenvalue weighted by molar-refractivity contribution is 5.81. The number of fused-ring (bicyclic) bond motifs is 1. The number of methoxy groups -OCH3 is 1. The van der Waals surface area contributed by atoms with E-state index in [0.29, 0.717) is 18.1 Å². The first-order valence-corrected chi connectivity index (χ1v) is 8.06. The van der Waals surface area contributed by atoms with Gasteiger partial charge in [-0.05, 0) is 49.5 Å². The molecule has 0 aromatic heterocycles. The molecule has 1 heterocycles. The summed E-state index contributed by atoms with van der Waals surface area (Å²) in [6.45, 7) is 5.56. The molecule has 1 aliphatic heterocycles. The van der Waals surface area contributed by atoms with E-state index < -0.39 is 0 Å². The second kappa shape index (κ2) is 5.80. The largest absolute Gasteiger partial charge is 0.497 e. The van der Waals surface area contributed by atoms with E-state index in [0.717, 1.165) is 44.6 Å². The van der Waals surface area contributed by atoms with E-state index in [-0.39, 0.29) is 5.41 Å². The van der Waals surface area contributed by atoms with E-state index in [1.807, 2.05) is 6.07 Å². The lowest BCUT2D eigenvalue weighted by molar-refractivity contribution is -0.125. The second-order valence-corrected chi connectivity index (χ2v) is 6.48. The summed E-state index contributed by atoms with van der Waals surface area (Å²) in [6.07, 6.45) is 3.59. The van der Waals surface area contributed by atoms with Crippen molar-refractivity contribution in [2.75, 3.05) is 26.7 Å². The van der Waals surface area contributed by atoms with Gasteiger partial charge in [-0.3, -0.25) is 4.79 Å². The minimum Gasteiger partial charge on any atom is -0.497 e. The van der Waals surface area contributed by atoms with Crippen LogP contribution in [-0.2, 0) is 10.2 Å². The Kier molecular flexibility index (Phi) is 4.03. The SMILES string of the molecule is CCN1CC[C@@]2(c3cccc(OC)c3)CC(=O)CC[C@@H]2C1. The zero-order chi connectivity index (χ0) is 14.9. The van der Waals surface area contributed by atoms with Crippen molar-refractivity contribution in [2.45, 2.75) is 38.0 Å². The van der Waals surface area contributed by atoms with Crippen LogP contribution in [0.5, 0.6) is 5.75 Å². The summed E-state index contributed by atoms with van der Waals surface area (Å²) in [5.74, 6) is 1.92. The van der Waals surface area contributed by atoms with Crippen LogP contribution in [0.25, 0.3) is 0 Å². The number of ether oxygens (including phenoxy) is 1. The van der Waals surface area contributed by atoms with Crippen molar-refractivity contribution in [1.82, 2.24) is 4.90 Å². The van der Waals surface area contributed by atoms with E-state index >= 15 is 0 Å². The molecule has 3 heteroatoms. The highest BCUT2D eigenvalue weighted by atomic mass is 16.5. The van der Waals surface area contributed by atoms with E-state index in [2.05, 4.69) is 30.0 Å². The molecule has 3 nitrogen and oxygen atoms in total. The maximum absolute atomic E-state index is 12.2. The lowest BCUT2D eigenvalue weighted by Gasteiger charge is -2.50. The molecule has 0 amide bonds. The fourth-order valence-corrected chi connectivity index (χ4v) is 4.22. The first-order chi connectivity index (χ1) is 10.2. The van der Waals surface area contributed by atoms with Crippen molar-refractivity contribution in [3.05, 3.63) is 29.8 Å². The smallest absolute Gasteiger partial charge is 0.133 e. The normalized spacial score (nSPS) is 30.0. The quantitative estimate of drug-likeness (QED) is 0.856. The fraction of sp³-hybridized carbons (Fsp3) is 0.611. The number of piperidine rings is 1. The van der Waals surface area contributed by atoms with Gasteiger partial charge in [-0.1, -0.05) is 19.1 Å². The molecule has 1 aliphatic carbocycles. The highest BCUT2D eigenvalue weighted by Crippen LogP contribution is 2.48. The zero-order valence-electron chi connectivity index (χ0n) is 13.1. The molecule has 1 saturated carbocycles. The van der Waals surface area contributed by atoms with Gasteiger partial charge in [-0.15, -0.1) is 0 Å². The summed E-state index contributed by atoms with van der Waals surface area (Å²) in [5, 5.41) is 0. The van der Waals surface area contributed by atoms with Crippen LogP contribution >= 0.6 is 0 Å². The third-order valence-electron chi connectivity index (χ3n) is 5.51. The molecule has 3 rings (SSSR count). The summed E-state index contributed by atoms with van der Waals surface area (Å²) in [7, 11) is 1.71. The first-order valence-electron chi connectivity index (χ1n) is 8.06. The van der Waals surface area contributed by atoms with E-state index in [9.17, 15) is 4.79 Å². The number of hydrogen-bond donors (Lipinski definition) is 0. The molecule has 2 atom stereocenters. The molecule has 0 bridgehead atoms. The summed E-state index contributed by atoms with van der Waals surface area (Å²) in [5.41, 5.74) is 1.34. The van der Waals surface area contributed by atoms with Crippen molar-refractivity contribution in [2.24, 2.45) is 5.92 Å². The third-order valence-corrected chi connectivity index (χ3v) is 5.51. The molecule has 2 fully saturated rings. The molecule has 0 N–H and O–H groups in total. The van der Waals surface area contributed by atoms with Crippen molar-refractivity contribution in [3.8, 4) is 5.75 Å². The van der Waals surface area contributed by atoms with Crippen LogP contribution in [0, 0.1) is 5.92 Å². The van der Waals surface area contributed by atoms with Gasteiger partial charge in [-0.2, -0.15) is 0 Å². The summed E-state index contributed by atoms with van der Waals surface area (Å²) < 4.78 is 5.40. The number of benzene rings is 1. The standard InChI is InChI=1S/C18H25NO2/c1-3-19-10-9-18(12-16(20)8-7-15(18)13-19)14-5-4-6-17(11-14)21-2/h4-6,11,15H,3,7-10,12-13H2,1-2H3/t15-,18+/m1/s1. The van der Waals surface area contributed by atoms with Crippen LogP contribution in [0.2, 0.25) is 0 Å². The first kappa shape index (κ1) is 14.6. The molecular formula is C18H25NO2. The molecule has 0 spiro atoms. The van der Waals surface area contributed by atoms with Gasteiger partial charge in [0.2, 0.25) is 0 Å². The number of carbonyl (C=O) groups excluding carboxylic acids is 1.